The van der Waals surface area contributed by atoms with Gasteiger partial charge in [0, 0.05) is 13.2 Å². The van der Waals surface area contributed by atoms with Crippen LogP contribution in [-0.2, 0) is 16.0 Å². The van der Waals surface area contributed by atoms with Crippen LogP contribution in [0.5, 0.6) is 0 Å². The predicted molar refractivity (Wildman–Crippen MR) is 75.5 cm³/mol. The van der Waals surface area contributed by atoms with Crippen molar-refractivity contribution in [1.82, 2.24) is 10.3 Å². The molecule has 0 saturated carbocycles. The van der Waals surface area contributed by atoms with Gasteiger partial charge in [-0.15, -0.1) is 0 Å². The first-order chi connectivity index (χ1) is 9.72. The van der Waals surface area contributed by atoms with Gasteiger partial charge in [0.15, 0.2) is 0 Å². The monoisotopic (exact) mass is 286 g/mol. The molecule has 20 heavy (non-hydrogen) atoms. The molecular formula is C14H26N2O4. The Kier molecular flexibility index (Phi) is 9.23. The SMILES string of the molecule is CCCCOCCOCC(O)CNCc1ncc(C)o1. The summed E-state index contributed by atoms with van der Waals surface area (Å²) in [6.45, 7) is 7.09. The fourth-order valence-corrected chi connectivity index (χ4v) is 1.57. The number of nitrogens with one attached hydrogen (secondary N) is 1. The molecule has 0 aliphatic carbocycles. The quantitative estimate of drug-likeness (QED) is 0.563. The van der Waals surface area contributed by atoms with Gasteiger partial charge < -0.3 is 24.3 Å². The zero-order valence-corrected chi connectivity index (χ0v) is 12.4. The largest absolute Gasteiger partial charge is 0.445 e. The van der Waals surface area contributed by atoms with Crippen molar-refractivity contribution >= 4 is 0 Å². The van der Waals surface area contributed by atoms with Gasteiger partial charge in [-0.2, -0.15) is 0 Å². The van der Waals surface area contributed by atoms with E-state index in [9.17, 15) is 5.11 Å². The van der Waals surface area contributed by atoms with Crippen molar-refractivity contribution in [2.45, 2.75) is 39.3 Å². The van der Waals surface area contributed by atoms with Crippen LogP contribution >= 0.6 is 0 Å². The summed E-state index contributed by atoms with van der Waals surface area (Å²) in [7, 11) is 0. The summed E-state index contributed by atoms with van der Waals surface area (Å²) >= 11 is 0. The van der Waals surface area contributed by atoms with Gasteiger partial charge in [0.25, 0.3) is 0 Å². The van der Waals surface area contributed by atoms with Crippen LogP contribution in [0.1, 0.15) is 31.4 Å². The maximum absolute atomic E-state index is 9.69. The molecule has 2 N–H and O–H groups in total. The lowest BCUT2D eigenvalue weighted by Gasteiger charge is -2.11. The summed E-state index contributed by atoms with van der Waals surface area (Å²) in [6, 6.07) is 0. The molecule has 0 saturated heterocycles. The standard InChI is InChI=1S/C14H26N2O4/c1-3-4-5-18-6-7-19-11-13(17)9-15-10-14-16-8-12(2)20-14/h8,13,15,17H,3-7,9-11H2,1-2H3. The maximum atomic E-state index is 9.69. The van der Waals surface area contributed by atoms with Crippen LogP contribution in [0.15, 0.2) is 10.6 Å². The Labute approximate surface area is 120 Å². The van der Waals surface area contributed by atoms with Crippen molar-refractivity contribution < 1.29 is 19.0 Å². The molecule has 1 rings (SSSR count). The second-order valence-corrected chi connectivity index (χ2v) is 4.69. The van der Waals surface area contributed by atoms with Crippen molar-refractivity contribution in [2.24, 2.45) is 0 Å². The normalized spacial score (nSPS) is 12.8. The van der Waals surface area contributed by atoms with E-state index in [0.717, 1.165) is 25.2 Å². The van der Waals surface area contributed by atoms with Gasteiger partial charge in [-0.25, -0.2) is 4.98 Å². The molecule has 0 aliphatic heterocycles. The van der Waals surface area contributed by atoms with Crippen LogP contribution in [0.3, 0.4) is 0 Å². The third-order valence-electron chi connectivity index (χ3n) is 2.65. The Bertz CT molecular complexity index is 344. The van der Waals surface area contributed by atoms with E-state index in [1.807, 2.05) is 6.92 Å². The van der Waals surface area contributed by atoms with E-state index in [2.05, 4.69) is 17.2 Å². The lowest BCUT2D eigenvalue weighted by molar-refractivity contribution is 0.00373. The second-order valence-electron chi connectivity index (χ2n) is 4.69. The fourth-order valence-electron chi connectivity index (χ4n) is 1.57. The van der Waals surface area contributed by atoms with Gasteiger partial charge in [-0.3, -0.25) is 0 Å². The minimum absolute atomic E-state index is 0.300. The molecule has 1 atom stereocenters. The molecule has 0 aromatic carbocycles. The first-order valence-corrected chi connectivity index (χ1v) is 7.18. The summed E-state index contributed by atoms with van der Waals surface area (Å²) in [6.07, 6.45) is 3.35. The molecule has 1 aromatic heterocycles. The van der Waals surface area contributed by atoms with E-state index < -0.39 is 6.10 Å². The Morgan fingerprint density at radius 3 is 2.85 bits per heavy atom. The Morgan fingerprint density at radius 1 is 1.35 bits per heavy atom. The van der Waals surface area contributed by atoms with Crippen molar-refractivity contribution in [2.75, 3.05) is 33.0 Å². The highest BCUT2D eigenvalue weighted by Crippen LogP contribution is 2.00. The average Bonchev–Trinajstić information content (AvgIpc) is 2.83. The Morgan fingerprint density at radius 2 is 2.15 bits per heavy atom. The van der Waals surface area contributed by atoms with Crippen molar-refractivity contribution in [1.29, 1.82) is 0 Å². The van der Waals surface area contributed by atoms with Crippen molar-refractivity contribution in [3.63, 3.8) is 0 Å². The highest BCUT2D eigenvalue weighted by atomic mass is 16.5. The Hall–Kier alpha value is -0.950. The minimum atomic E-state index is -0.540. The molecular weight excluding hydrogens is 260 g/mol. The van der Waals surface area contributed by atoms with Gasteiger partial charge in [-0.1, -0.05) is 13.3 Å². The van der Waals surface area contributed by atoms with E-state index in [1.54, 1.807) is 6.20 Å². The lowest BCUT2D eigenvalue weighted by atomic mass is 10.4. The molecule has 0 bridgehead atoms. The minimum Gasteiger partial charge on any atom is -0.445 e. The molecule has 6 nitrogen and oxygen atoms in total. The molecule has 0 fully saturated rings. The van der Waals surface area contributed by atoms with Crippen LogP contribution in [0.2, 0.25) is 0 Å². The Balaban J connectivity index is 1.91. The predicted octanol–water partition coefficient (Wildman–Crippen LogP) is 1.27. The molecule has 0 amide bonds. The third-order valence-corrected chi connectivity index (χ3v) is 2.65. The van der Waals surface area contributed by atoms with E-state index >= 15 is 0 Å². The number of oxazole rings is 1. The summed E-state index contributed by atoms with van der Waals surface area (Å²) < 4.78 is 16.0. The number of aromatic nitrogens is 1. The van der Waals surface area contributed by atoms with Gasteiger partial charge in [0.05, 0.1) is 38.7 Å². The van der Waals surface area contributed by atoms with E-state index in [1.165, 1.54) is 0 Å². The van der Waals surface area contributed by atoms with Crippen molar-refractivity contribution in [3.05, 3.63) is 17.8 Å². The number of aliphatic hydroxyl groups is 1. The third kappa shape index (κ3) is 8.27. The number of hydrogen-bond donors (Lipinski definition) is 2. The van der Waals surface area contributed by atoms with E-state index in [4.69, 9.17) is 13.9 Å². The average molecular weight is 286 g/mol. The van der Waals surface area contributed by atoms with Gasteiger partial charge in [0.2, 0.25) is 5.89 Å². The molecule has 1 unspecified atom stereocenters. The van der Waals surface area contributed by atoms with Gasteiger partial charge in [0.1, 0.15) is 5.76 Å². The highest BCUT2D eigenvalue weighted by Gasteiger charge is 2.05. The van der Waals surface area contributed by atoms with Gasteiger partial charge in [-0.05, 0) is 13.3 Å². The topological polar surface area (TPSA) is 76.8 Å². The van der Waals surface area contributed by atoms with E-state index in [-0.39, 0.29) is 0 Å². The molecule has 0 spiro atoms. The van der Waals surface area contributed by atoms with E-state index in [0.29, 0.717) is 38.8 Å². The van der Waals surface area contributed by atoms with Crippen LogP contribution in [-0.4, -0.2) is 49.2 Å². The van der Waals surface area contributed by atoms with Gasteiger partial charge >= 0.3 is 0 Å². The fraction of sp³-hybridized carbons (Fsp3) is 0.786. The molecule has 0 radical (unpaired) electrons. The molecule has 116 valence electrons. The smallest absolute Gasteiger partial charge is 0.208 e. The summed E-state index contributed by atoms with van der Waals surface area (Å²) in [5, 5.41) is 12.8. The zero-order valence-electron chi connectivity index (χ0n) is 12.4. The molecule has 0 aliphatic rings. The number of aliphatic hydroxyl groups excluding tert-OH is 1. The van der Waals surface area contributed by atoms with Crippen LogP contribution in [0, 0.1) is 6.92 Å². The summed E-state index contributed by atoms with van der Waals surface area (Å²) in [4.78, 5) is 4.06. The number of rotatable bonds is 12. The van der Waals surface area contributed by atoms with Crippen molar-refractivity contribution in [3.8, 4) is 0 Å². The summed E-state index contributed by atoms with van der Waals surface area (Å²) in [5.41, 5.74) is 0. The number of unbranched alkanes of at least 4 members (excludes halogenated alkanes) is 1. The second kappa shape index (κ2) is 10.8. The van der Waals surface area contributed by atoms with Crippen LogP contribution < -0.4 is 5.32 Å². The summed E-state index contributed by atoms with van der Waals surface area (Å²) in [5.74, 6) is 1.41. The van der Waals surface area contributed by atoms with Crippen LogP contribution in [0.25, 0.3) is 0 Å². The number of hydrogen-bond acceptors (Lipinski definition) is 6. The molecule has 1 heterocycles. The lowest BCUT2D eigenvalue weighted by Crippen LogP contribution is -2.30. The highest BCUT2D eigenvalue weighted by molar-refractivity contribution is 4.90. The maximum Gasteiger partial charge on any atom is 0.208 e. The number of nitrogens with zero attached hydrogens (tertiary/aromatic N) is 1. The first kappa shape index (κ1) is 17.1. The first-order valence-electron chi connectivity index (χ1n) is 7.18. The number of aryl methyl sites for hydroxylation is 1. The molecule has 6 heteroatoms. The zero-order chi connectivity index (χ0) is 14.6. The van der Waals surface area contributed by atoms with Crippen LogP contribution in [0.4, 0.5) is 0 Å². The molecule has 1 aromatic rings. The number of ether oxygens (including phenoxy) is 2.